The molecule has 3 aliphatic rings. The number of carbonyl (C=O) groups is 3. The number of hydrogen-bond donors (Lipinski definition) is 1. The summed E-state index contributed by atoms with van der Waals surface area (Å²) in [5.74, 6) is -0.921. The third kappa shape index (κ3) is 3.58. The van der Waals surface area contributed by atoms with Crippen LogP contribution < -0.4 is 0 Å². The molecule has 0 bridgehead atoms. The standard InChI is InChI=1S/C29H30N2O4/c1-4-6-8-29(9-7-5-2)23-11-18-13-26(31-35-16(3)32)28(34)19(18)14-22(23)21-10-17-12-25(30)27(33)20(17)15-24(21)29/h10-11,14-15,30H,4-9,12-13H2,1-3H3/b30-25?,31-26-. The van der Waals surface area contributed by atoms with E-state index in [0.717, 1.165) is 60.8 Å². The van der Waals surface area contributed by atoms with Crippen molar-refractivity contribution in [2.75, 3.05) is 0 Å². The maximum atomic E-state index is 13.1. The number of nitrogens with one attached hydrogen (secondary N) is 1. The van der Waals surface area contributed by atoms with Gasteiger partial charge in [-0.2, -0.15) is 0 Å². The molecule has 1 N–H and O–H groups in total. The Morgan fingerprint density at radius 2 is 1.49 bits per heavy atom. The highest BCUT2D eigenvalue weighted by atomic mass is 16.7. The molecule has 0 saturated carbocycles. The van der Waals surface area contributed by atoms with E-state index >= 15 is 0 Å². The smallest absolute Gasteiger partial charge is 0.318 e. The average molecular weight is 471 g/mol. The lowest BCUT2D eigenvalue weighted by Gasteiger charge is -2.33. The predicted molar refractivity (Wildman–Crippen MR) is 135 cm³/mol. The van der Waals surface area contributed by atoms with Crippen molar-refractivity contribution in [2.24, 2.45) is 5.16 Å². The maximum absolute atomic E-state index is 13.1. The van der Waals surface area contributed by atoms with E-state index in [4.69, 9.17) is 10.2 Å². The van der Waals surface area contributed by atoms with Gasteiger partial charge in [0.2, 0.25) is 11.6 Å². The number of hydrogen-bond acceptors (Lipinski definition) is 6. The highest BCUT2D eigenvalue weighted by Gasteiger charge is 2.45. The fourth-order valence-electron chi connectivity index (χ4n) is 6.05. The van der Waals surface area contributed by atoms with Gasteiger partial charge in [0.25, 0.3) is 0 Å². The van der Waals surface area contributed by atoms with Gasteiger partial charge in [-0.05, 0) is 64.4 Å². The number of fused-ring (bicyclic) bond motifs is 5. The van der Waals surface area contributed by atoms with Gasteiger partial charge >= 0.3 is 5.97 Å². The minimum atomic E-state index is -0.551. The van der Waals surface area contributed by atoms with Crippen LogP contribution in [0.1, 0.15) is 102 Å². The number of ketones is 2. The number of oxime groups is 1. The van der Waals surface area contributed by atoms with E-state index in [9.17, 15) is 14.4 Å². The fraction of sp³-hybridized carbons (Fsp3) is 0.414. The Kier molecular flexibility index (Phi) is 5.78. The number of Topliss-reactive ketones (excluding diaryl/α,β-unsaturated/α-hetero) is 2. The van der Waals surface area contributed by atoms with Crippen molar-refractivity contribution in [3.8, 4) is 11.1 Å². The van der Waals surface area contributed by atoms with Gasteiger partial charge in [0.05, 0.1) is 5.71 Å². The van der Waals surface area contributed by atoms with Gasteiger partial charge in [-0.15, -0.1) is 0 Å². The summed E-state index contributed by atoms with van der Waals surface area (Å²) in [5.41, 5.74) is 7.76. The van der Waals surface area contributed by atoms with Gasteiger partial charge in [-0.1, -0.05) is 50.8 Å². The lowest BCUT2D eigenvalue weighted by atomic mass is 9.70. The summed E-state index contributed by atoms with van der Waals surface area (Å²) in [4.78, 5) is 41.9. The van der Waals surface area contributed by atoms with Crippen LogP contribution in [0.2, 0.25) is 0 Å². The van der Waals surface area contributed by atoms with Crippen molar-refractivity contribution < 1.29 is 19.2 Å². The second kappa shape index (κ2) is 8.67. The van der Waals surface area contributed by atoms with Crippen molar-refractivity contribution in [2.45, 2.75) is 77.6 Å². The molecule has 180 valence electrons. The van der Waals surface area contributed by atoms with Crippen molar-refractivity contribution in [3.05, 3.63) is 57.6 Å². The number of carbonyl (C=O) groups excluding carboxylic acids is 3. The Labute approximate surface area is 205 Å². The van der Waals surface area contributed by atoms with Crippen molar-refractivity contribution in [1.82, 2.24) is 0 Å². The first-order chi connectivity index (χ1) is 16.8. The number of benzene rings is 2. The van der Waals surface area contributed by atoms with Crippen LogP contribution in [-0.2, 0) is 27.9 Å². The van der Waals surface area contributed by atoms with Crippen LogP contribution in [0.5, 0.6) is 0 Å². The summed E-state index contributed by atoms with van der Waals surface area (Å²) in [6.07, 6.45) is 6.87. The zero-order chi connectivity index (χ0) is 24.9. The summed E-state index contributed by atoms with van der Waals surface area (Å²) in [7, 11) is 0. The van der Waals surface area contributed by atoms with Crippen molar-refractivity contribution in [1.29, 1.82) is 5.41 Å². The minimum absolute atomic E-state index is 0.145. The van der Waals surface area contributed by atoms with E-state index < -0.39 is 5.97 Å². The Balaban J connectivity index is 1.72. The molecule has 6 heteroatoms. The largest absolute Gasteiger partial charge is 0.331 e. The van der Waals surface area contributed by atoms with E-state index in [1.54, 1.807) is 0 Å². The summed E-state index contributed by atoms with van der Waals surface area (Å²) < 4.78 is 0. The molecule has 0 atom stereocenters. The number of rotatable bonds is 7. The van der Waals surface area contributed by atoms with Crippen LogP contribution in [0.25, 0.3) is 11.1 Å². The van der Waals surface area contributed by atoms with Crippen molar-refractivity contribution in [3.63, 3.8) is 0 Å². The van der Waals surface area contributed by atoms with E-state index in [1.165, 1.54) is 18.1 Å². The molecule has 0 amide bonds. The minimum Gasteiger partial charge on any atom is -0.318 e. The normalized spacial score (nSPS) is 18.0. The highest BCUT2D eigenvalue weighted by molar-refractivity contribution is 6.50. The molecule has 0 spiro atoms. The van der Waals surface area contributed by atoms with Crippen LogP contribution in [0.3, 0.4) is 0 Å². The Hall–Kier alpha value is -3.41. The van der Waals surface area contributed by atoms with E-state index in [2.05, 4.69) is 37.2 Å². The van der Waals surface area contributed by atoms with E-state index in [1.807, 2.05) is 6.07 Å². The third-order valence-corrected chi connectivity index (χ3v) is 7.76. The molecule has 2 aromatic carbocycles. The molecular weight excluding hydrogens is 440 g/mol. The monoisotopic (exact) mass is 470 g/mol. The molecule has 0 aliphatic heterocycles. The molecular formula is C29H30N2O4. The fourth-order valence-corrected chi connectivity index (χ4v) is 6.05. The molecule has 2 aromatic rings. The topological polar surface area (TPSA) is 96.7 Å². The van der Waals surface area contributed by atoms with Gasteiger partial charge in [0.15, 0.2) is 0 Å². The molecule has 3 aliphatic carbocycles. The first-order valence-corrected chi connectivity index (χ1v) is 12.6. The summed E-state index contributed by atoms with van der Waals surface area (Å²) >= 11 is 0. The van der Waals surface area contributed by atoms with Gasteiger partial charge in [0, 0.05) is 36.3 Å². The number of nitrogens with zero attached hydrogens (tertiary/aromatic N) is 1. The van der Waals surface area contributed by atoms with Gasteiger partial charge in [0.1, 0.15) is 5.71 Å². The van der Waals surface area contributed by atoms with E-state index in [-0.39, 0.29) is 28.4 Å². The van der Waals surface area contributed by atoms with Gasteiger partial charge < -0.3 is 10.2 Å². The molecule has 0 fully saturated rings. The molecule has 0 heterocycles. The molecule has 6 nitrogen and oxygen atoms in total. The quantitative estimate of drug-likeness (QED) is 0.412. The van der Waals surface area contributed by atoms with E-state index in [0.29, 0.717) is 24.0 Å². The lowest BCUT2D eigenvalue weighted by Crippen LogP contribution is -2.26. The van der Waals surface area contributed by atoms with Gasteiger partial charge in [-0.25, -0.2) is 4.79 Å². The SMILES string of the molecule is CCCCC1(CCCC)c2cc3c(cc2-c2cc4c(cc21)C(=O)C(=N)C4)C(=O)/C(=N\OC(C)=O)C3. The first-order valence-electron chi connectivity index (χ1n) is 12.6. The second-order valence-electron chi connectivity index (χ2n) is 10.0. The second-order valence-corrected chi connectivity index (χ2v) is 10.0. The average Bonchev–Trinajstić information content (AvgIpc) is 3.40. The summed E-state index contributed by atoms with van der Waals surface area (Å²) in [5, 5.41) is 11.9. The number of unbranched alkanes of at least 4 members (excludes halogenated alkanes) is 2. The zero-order valence-electron chi connectivity index (χ0n) is 20.5. The Bertz CT molecular complexity index is 1330. The van der Waals surface area contributed by atoms with Crippen LogP contribution in [-0.4, -0.2) is 29.0 Å². The summed E-state index contributed by atoms with van der Waals surface area (Å²) in [6.45, 7) is 5.65. The zero-order valence-corrected chi connectivity index (χ0v) is 20.5. The molecule has 35 heavy (non-hydrogen) atoms. The van der Waals surface area contributed by atoms with Crippen molar-refractivity contribution >= 4 is 29.0 Å². The third-order valence-electron chi connectivity index (χ3n) is 7.76. The van der Waals surface area contributed by atoms with Crippen LogP contribution in [0.15, 0.2) is 29.4 Å². The maximum Gasteiger partial charge on any atom is 0.331 e. The lowest BCUT2D eigenvalue weighted by molar-refractivity contribution is -0.140. The van der Waals surface area contributed by atoms with Crippen LogP contribution in [0, 0.1) is 5.41 Å². The van der Waals surface area contributed by atoms with Crippen LogP contribution in [0.4, 0.5) is 0 Å². The molecule has 0 saturated heterocycles. The molecule has 0 unspecified atom stereocenters. The summed E-state index contributed by atoms with van der Waals surface area (Å²) in [6, 6.07) is 8.29. The Morgan fingerprint density at radius 1 is 0.886 bits per heavy atom. The van der Waals surface area contributed by atoms with Crippen LogP contribution >= 0.6 is 0 Å². The highest BCUT2D eigenvalue weighted by Crippen LogP contribution is 2.56. The molecule has 0 aromatic heterocycles. The molecule has 5 rings (SSSR count). The first kappa shape index (κ1) is 23.3. The Morgan fingerprint density at radius 3 is 2.14 bits per heavy atom. The van der Waals surface area contributed by atoms with Gasteiger partial charge in [-0.3, -0.25) is 9.59 Å². The predicted octanol–water partition coefficient (Wildman–Crippen LogP) is 5.75. The molecule has 0 radical (unpaired) electrons.